The van der Waals surface area contributed by atoms with Gasteiger partial charge < -0.3 is 9.84 Å². The summed E-state index contributed by atoms with van der Waals surface area (Å²) < 4.78 is 110. The molecule has 0 aromatic rings. The highest BCUT2D eigenvalue weighted by atomic mass is 19.4. The smallest absolute Gasteiger partial charge is 0.396 e. The fourth-order valence-corrected chi connectivity index (χ4v) is 2.04. The summed E-state index contributed by atoms with van der Waals surface area (Å²) in [5.41, 5.74) is 0. The first-order valence-electron chi connectivity index (χ1n) is 8.13. The SMILES string of the molecule is CCCCCCCCOC(F)(F)C(F)(F)C(F)(F)C(F)(F)CCCO. The first-order chi connectivity index (χ1) is 11.4. The summed E-state index contributed by atoms with van der Waals surface area (Å²) in [6.07, 6.45) is -4.99. The molecule has 0 saturated heterocycles. The first-order valence-corrected chi connectivity index (χ1v) is 8.13. The molecule has 0 aliphatic carbocycles. The van der Waals surface area contributed by atoms with Gasteiger partial charge in [-0.25, -0.2) is 0 Å². The van der Waals surface area contributed by atoms with E-state index in [0.29, 0.717) is 12.8 Å². The average Bonchev–Trinajstić information content (AvgIpc) is 2.51. The molecule has 0 unspecified atom stereocenters. The molecule has 1 N–H and O–H groups in total. The van der Waals surface area contributed by atoms with E-state index in [1.165, 1.54) is 0 Å². The van der Waals surface area contributed by atoms with Crippen LogP contribution in [0.5, 0.6) is 0 Å². The monoisotopic (exact) mass is 388 g/mol. The summed E-state index contributed by atoms with van der Waals surface area (Å²) in [6.45, 7) is 0.0252. The molecule has 0 saturated carbocycles. The zero-order valence-electron chi connectivity index (χ0n) is 14.0. The van der Waals surface area contributed by atoms with Gasteiger partial charge >= 0.3 is 23.9 Å². The third-order valence-electron chi connectivity index (χ3n) is 3.65. The highest BCUT2D eigenvalue weighted by Crippen LogP contribution is 2.54. The van der Waals surface area contributed by atoms with E-state index in [9.17, 15) is 35.1 Å². The third kappa shape index (κ3) is 6.23. The van der Waals surface area contributed by atoms with Crippen molar-refractivity contribution in [1.82, 2.24) is 0 Å². The number of hydrogen-bond donors (Lipinski definition) is 1. The van der Waals surface area contributed by atoms with Crippen molar-refractivity contribution in [3.63, 3.8) is 0 Å². The van der Waals surface area contributed by atoms with Gasteiger partial charge in [0.15, 0.2) is 0 Å². The lowest BCUT2D eigenvalue weighted by molar-refractivity contribution is -0.427. The number of rotatable bonds is 14. The topological polar surface area (TPSA) is 29.5 Å². The molecule has 0 fully saturated rings. The Hall–Kier alpha value is -0.640. The summed E-state index contributed by atoms with van der Waals surface area (Å²) in [5.74, 6) is -18.2. The molecule has 10 heteroatoms. The second-order valence-corrected chi connectivity index (χ2v) is 5.81. The Kier molecular flexibility index (Phi) is 9.64. The normalized spacial score (nSPS) is 14.2. The highest BCUT2D eigenvalue weighted by molar-refractivity contribution is 5.00. The number of hydrogen-bond acceptors (Lipinski definition) is 2. The molecule has 0 heterocycles. The van der Waals surface area contributed by atoms with Crippen molar-refractivity contribution in [3.05, 3.63) is 0 Å². The second kappa shape index (κ2) is 9.89. The van der Waals surface area contributed by atoms with E-state index in [0.717, 1.165) is 19.3 Å². The van der Waals surface area contributed by atoms with E-state index in [2.05, 4.69) is 4.74 Å². The van der Waals surface area contributed by atoms with E-state index < -0.39 is 49.9 Å². The van der Waals surface area contributed by atoms with Gasteiger partial charge in [-0.05, 0) is 12.8 Å². The zero-order chi connectivity index (χ0) is 19.8. The van der Waals surface area contributed by atoms with E-state index in [1.54, 1.807) is 0 Å². The average molecular weight is 388 g/mol. The maximum Gasteiger partial charge on any atom is 0.426 e. The molecule has 0 spiro atoms. The van der Waals surface area contributed by atoms with E-state index in [-0.39, 0.29) is 6.42 Å². The molecular formula is C15H24F8O2. The molecule has 0 aliphatic heterocycles. The molecule has 25 heavy (non-hydrogen) atoms. The van der Waals surface area contributed by atoms with Crippen molar-refractivity contribution in [2.75, 3.05) is 13.2 Å². The van der Waals surface area contributed by atoms with Crippen molar-refractivity contribution in [2.45, 2.75) is 82.2 Å². The van der Waals surface area contributed by atoms with Crippen LogP contribution in [-0.4, -0.2) is 42.2 Å². The lowest BCUT2D eigenvalue weighted by atomic mass is 9.99. The van der Waals surface area contributed by atoms with Crippen LogP contribution in [-0.2, 0) is 4.74 Å². The van der Waals surface area contributed by atoms with Crippen LogP contribution >= 0.6 is 0 Å². The minimum atomic E-state index is -6.40. The van der Waals surface area contributed by atoms with E-state index in [4.69, 9.17) is 5.11 Å². The highest BCUT2D eigenvalue weighted by Gasteiger charge is 2.81. The lowest BCUT2D eigenvalue weighted by Gasteiger charge is -2.36. The standard InChI is InChI=1S/C15H24F8O2/c1-2-3-4-5-6-7-11-25-15(22,23)14(20,21)13(18,19)12(16,17)9-8-10-24/h24H,2-11H2,1H3. The van der Waals surface area contributed by atoms with Gasteiger partial charge in [0.1, 0.15) is 0 Å². The minimum Gasteiger partial charge on any atom is -0.396 e. The molecule has 0 amide bonds. The van der Waals surface area contributed by atoms with Crippen molar-refractivity contribution in [2.24, 2.45) is 0 Å². The van der Waals surface area contributed by atoms with Crippen molar-refractivity contribution in [1.29, 1.82) is 0 Å². The van der Waals surface area contributed by atoms with Crippen molar-refractivity contribution < 1.29 is 45.0 Å². The van der Waals surface area contributed by atoms with Crippen LogP contribution < -0.4 is 0 Å². The molecule has 0 aromatic heterocycles. The summed E-state index contributed by atoms with van der Waals surface area (Å²) in [6, 6.07) is 0. The summed E-state index contributed by atoms with van der Waals surface area (Å²) >= 11 is 0. The summed E-state index contributed by atoms with van der Waals surface area (Å²) in [5, 5.41) is 8.34. The number of halogens is 8. The molecule has 152 valence electrons. The Labute approximate surface area is 141 Å². The molecule has 0 aliphatic rings. The van der Waals surface area contributed by atoms with Gasteiger partial charge in [0, 0.05) is 13.0 Å². The van der Waals surface area contributed by atoms with Crippen molar-refractivity contribution >= 4 is 0 Å². The van der Waals surface area contributed by atoms with Crippen LogP contribution in [0.3, 0.4) is 0 Å². The van der Waals surface area contributed by atoms with Crippen LogP contribution in [0.4, 0.5) is 35.1 Å². The fraction of sp³-hybridized carbons (Fsp3) is 1.00. The molecule has 2 nitrogen and oxygen atoms in total. The summed E-state index contributed by atoms with van der Waals surface area (Å²) in [7, 11) is 0. The maximum absolute atomic E-state index is 13.4. The Balaban J connectivity index is 4.78. The Morgan fingerprint density at radius 2 is 1.24 bits per heavy atom. The van der Waals surface area contributed by atoms with E-state index >= 15 is 0 Å². The van der Waals surface area contributed by atoms with Gasteiger partial charge in [-0.1, -0.05) is 39.0 Å². The number of unbranched alkanes of at least 4 members (excludes halogenated alkanes) is 5. The van der Waals surface area contributed by atoms with Crippen LogP contribution in [0.2, 0.25) is 0 Å². The molecule has 0 atom stereocenters. The predicted molar refractivity (Wildman–Crippen MR) is 75.4 cm³/mol. The zero-order valence-corrected chi connectivity index (χ0v) is 14.0. The number of aliphatic hydroxyl groups excluding tert-OH is 1. The van der Waals surface area contributed by atoms with Crippen LogP contribution in [0.1, 0.15) is 58.3 Å². The van der Waals surface area contributed by atoms with Gasteiger partial charge in [0.05, 0.1) is 6.61 Å². The Morgan fingerprint density at radius 3 is 1.76 bits per heavy atom. The lowest BCUT2D eigenvalue weighted by Crippen LogP contribution is -2.63. The van der Waals surface area contributed by atoms with Crippen LogP contribution in [0.15, 0.2) is 0 Å². The predicted octanol–water partition coefficient (Wildman–Crippen LogP) is 5.63. The minimum absolute atomic E-state index is 0.0815. The quantitative estimate of drug-likeness (QED) is 0.309. The van der Waals surface area contributed by atoms with Gasteiger partial charge in [0.2, 0.25) is 0 Å². The molecule has 0 aromatic carbocycles. The second-order valence-electron chi connectivity index (χ2n) is 5.81. The van der Waals surface area contributed by atoms with Crippen LogP contribution in [0.25, 0.3) is 0 Å². The fourth-order valence-electron chi connectivity index (χ4n) is 2.04. The van der Waals surface area contributed by atoms with Gasteiger partial charge in [-0.2, -0.15) is 35.1 Å². The Morgan fingerprint density at radius 1 is 0.720 bits per heavy atom. The van der Waals surface area contributed by atoms with Crippen molar-refractivity contribution in [3.8, 4) is 0 Å². The van der Waals surface area contributed by atoms with E-state index in [1.807, 2.05) is 6.92 Å². The summed E-state index contributed by atoms with van der Waals surface area (Å²) in [4.78, 5) is 0. The van der Waals surface area contributed by atoms with Gasteiger partial charge in [0.25, 0.3) is 0 Å². The van der Waals surface area contributed by atoms with Gasteiger partial charge in [-0.3, -0.25) is 0 Å². The number of ether oxygens (including phenoxy) is 1. The number of alkyl halides is 8. The van der Waals surface area contributed by atoms with Crippen LogP contribution in [0, 0.1) is 0 Å². The first kappa shape index (κ1) is 24.4. The molecule has 0 bridgehead atoms. The largest absolute Gasteiger partial charge is 0.426 e. The Bertz CT molecular complexity index is 375. The maximum atomic E-state index is 13.4. The molecule has 0 rings (SSSR count). The molecular weight excluding hydrogens is 364 g/mol. The molecule has 0 radical (unpaired) electrons. The van der Waals surface area contributed by atoms with Gasteiger partial charge in [-0.15, -0.1) is 0 Å². The third-order valence-corrected chi connectivity index (χ3v) is 3.65. The number of aliphatic hydroxyl groups is 1.